The van der Waals surface area contributed by atoms with Crippen molar-refractivity contribution in [1.29, 1.82) is 0 Å². The van der Waals surface area contributed by atoms with Crippen LogP contribution in [0.1, 0.15) is 78.1 Å². The van der Waals surface area contributed by atoms with Gasteiger partial charge in [0.05, 0.1) is 5.92 Å². The zero-order chi connectivity index (χ0) is 13.7. The lowest BCUT2D eigenvalue weighted by atomic mass is 9.77. The Bertz CT molecular complexity index is 281. The van der Waals surface area contributed by atoms with Crippen LogP contribution in [0.15, 0.2) is 0 Å². The Morgan fingerprint density at radius 1 is 1.11 bits per heavy atom. The molecular weight excluding hydrogens is 236 g/mol. The van der Waals surface area contributed by atoms with Gasteiger partial charge in [-0.2, -0.15) is 0 Å². The predicted octanol–water partition coefficient (Wildman–Crippen LogP) is 4.71. The van der Waals surface area contributed by atoms with Gasteiger partial charge < -0.3 is 4.74 Å². The van der Waals surface area contributed by atoms with E-state index in [1.54, 1.807) is 0 Å². The number of hydrogen-bond acceptors (Lipinski definition) is 2. The van der Waals surface area contributed by atoms with Crippen LogP contribution in [0, 0.1) is 17.8 Å². The molecule has 0 bridgehead atoms. The van der Waals surface area contributed by atoms with Crippen LogP contribution in [0.3, 0.4) is 0 Å². The fourth-order valence-electron chi connectivity index (χ4n) is 4.08. The van der Waals surface area contributed by atoms with Crippen molar-refractivity contribution in [3.8, 4) is 0 Å². The Hall–Kier alpha value is -0.530. The average molecular weight is 266 g/mol. The molecule has 2 rings (SSSR count). The van der Waals surface area contributed by atoms with E-state index in [0.29, 0.717) is 11.8 Å². The molecule has 0 spiro atoms. The van der Waals surface area contributed by atoms with Crippen molar-refractivity contribution in [2.75, 3.05) is 0 Å². The minimum atomic E-state index is 0.113. The molecule has 2 heteroatoms. The van der Waals surface area contributed by atoms with Gasteiger partial charge in [-0.3, -0.25) is 4.79 Å². The minimum absolute atomic E-state index is 0.113. The van der Waals surface area contributed by atoms with E-state index in [4.69, 9.17) is 4.74 Å². The summed E-state index contributed by atoms with van der Waals surface area (Å²) in [4.78, 5) is 12.3. The first-order valence-electron chi connectivity index (χ1n) is 8.46. The Balaban J connectivity index is 1.88. The Kier molecular flexibility index (Phi) is 5.72. The highest BCUT2D eigenvalue weighted by atomic mass is 16.5. The van der Waals surface area contributed by atoms with Crippen molar-refractivity contribution in [3.05, 3.63) is 0 Å². The zero-order valence-electron chi connectivity index (χ0n) is 12.7. The van der Waals surface area contributed by atoms with Gasteiger partial charge in [-0.1, -0.05) is 46.0 Å². The van der Waals surface area contributed by atoms with Gasteiger partial charge in [-0.05, 0) is 43.9 Å². The summed E-state index contributed by atoms with van der Waals surface area (Å²) in [6.45, 7) is 4.42. The standard InChI is InChI=1S/C17H30O2/c1-3-8-13(4-2)15-11-12-16(19-17(15)18)14-9-6-5-7-10-14/h13-16H,3-12H2,1-2H3. The summed E-state index contributed by atoms with van der Waals surface area (Å²) in [5.41, 5.74) is 0. The van der Waals surface area contributed by atoms with Crippen LogP contribution >= 0.6 is 0 Å². The maximum absolute atomic E-state index is 12.3. The van der Waals surface area contributed by atoms with Gasteiger partial charge in [0.2, 0.25) is 0 Å². The summed E-state index contributed by atoms with van der Waals surface area (Å²) < 4.78 is 5.83. The molecule has 3 unspecified atom stereocenters. The lowest BCUT2D eigenvalue weighted by Gasteiger charge is -2.37. The van der Waals surface area contributed by atoms with Crippen LogP contribution in [-0.2, 0) is 9.53 Å². The van der Waals surface area contributed by atoms with E-state index in [-0.39, 0.29) is 18.0 Å². The largest absolute Gasteiger partial charge is 0.462 e. The fraction of sp³-hybridized carbons (Fsp3) is 0.941. The van der Waals surface area contributed by atoms with Crippen LogP contribution in [0.25, 0.3) is 0 Å². The predicted molar refractivity (Wildman–Crippen MR) is 77.9 cm³/mol. The van der Waals surface area contributed by atoms with Gasteiger partial charge in [0.1, 0.15) is 6.10 Å². The van der Waals surface area contributed by atoms with Gasteiger partial charge in [0.15, 0.2) is 0 Å². The molecule has 110 valence electrons. The summed E-state index contributed by atoms with van der Waals surface area (Å²) in [7, 11) is 0. The summed E-state index contributed by atoms with van der Waals surface area (Å²) in [6.07, 6.45) is 12.5. The monoisotopic (exact) mass is 266 g/mol. The Morgan fingerprint density at radius 3 is 2.42 bits per heavy atom. The second-order valence-corrected chi connectivity index (χ2v) is 6.51. The number of rotatable bonds is 5. The van der Waals surface area contributed by atoms with Crippen molar-refractivity contribution < 1.29 is 9.53 Å². The number of ether oxygens (including phenoxy) is 1. The van der Waals surface area contributed by atoms with E-state index in [9.17, 15) is 4.79 Å². The average Bonchev–Trinajstić information content (AvgIpc) is 2.46. The number of carbonyl (C=O) groups is 1. The lowest BCUT2D eigenvalue weighted by molar-refractivity contribution is -0.167. The second kappa shape index (κ2) is 7.31. The third kappa shape index (κ3) is 3.73. The van der Waals surface area contributed by atoms with Crippen LogP contribution in [0.2, 0.25) is 0 Å². The quantitative estimate of drug-likeness (QED) is 0.673. The number of esters is 1. The number of carbonyl (C=O) groups excluding carboxylic acids is 1. The number of cyclic esters (lactones) is 1. The van der Waals surface area contributed by atoms with Gasteiger partial charge in [0.25, 0.3) is 0 Å². The summed E-state index contributed by atoms with van der Waals surface area (Å²) >= 11 is 0. The molecule has 2 nitrogen and oxygen atoms in total. The minimum Gasteiger partial charge on any atom is -0.462 e. The summed E-state index contributed by atoms with van der Waals surface area (Å²) in [5.74, 6) is 1.50. The zero-order valence-corrected chi connectivity index (χ0v) is 12.7. The first kappa shape index (κ1) is 14.9. The van der Waals surface area contributed by atoms with Gasteiger partial charge >= 0.3 is 5.97 Å². The molecule has 19 heavy (non-hydrogen) atoms. The first-order valence-corrected chi connectivity index (χ1v) is 8.46. The molecule has 2 fully saturated rings. The molecule has 1 aliphatic heterocycles. The van der Waals surface area contributed by atoms with Crippen LogP contribution in [-0.4, -0.2) is 12.1 Å². The molecule has 1 saturated heterocycles. The van der Waals surface area contributed by atoms with E-state index in [1.807, 2.05) is 0 Å². The van der Waals surface area contributed by atoms with Crippen LogP contribution in [0.5, 0.6) is 0 Å². The molecule has 0 N–H and O–H groups in total. The normalized spacial score (nSPS) is 30.9. The molecule has 0 aromatic heterocycles. The highest BCUT2D eigenvalue weighted by Gasteiger charge is 2.37. The highest BCUT2D eigenvalue weighted by molar-refractivity contribution is 5.73. The summed E-state index contributed by atoms with van der Waals surface area (Å²) in [6, 6.07) is 0. The molecule has 1 saturated carbocycles. The molecule has 1 aliphatic carbocycles. The maximum Gasteiger partial charge on any atom is 0.309 e. The van der Waals surface area contributed by atoms with Crippen LogP contribution < -0.4 is 0 Å². The molecule has 0 amide bonds. The summed E-state index contributed by atoms with van der Waals surface area (Å²) in [5, 5.41) is 0. The van der Waals surface area contributed by atoms with Gasteiger partial charge in [-0.25, -0.2) is 0 Å². The van der Waals surface area contributed by atoms with E-state index < -0.39 is 0 Å². The van der Waals surface area contributed by atoms with Gasteiger partial charge in [0, 0.05) is 0 Å². The smallest absolute Gasteiger partial charge is 0.309 e. The molecule has 0 aromatic carbocycles. The Labute approximate surface area is 118 Å². The van der Waals surface area contributed by atoms with Crippen molar-refractivity contribution >= 4 is 5.97 Å². The van der Waals surface area contributed by atoms with Gasteiger partial charge in [-0.15, -0.1) is 0 Å². The fourth-order valence-corrected chi connectivity index (χ4v) is 4.08. The molecule has 0 aromatic rings. The highest BCUT2D eigenvalue weighted by Crippen LogP contribution is 2.37. The molecule has 3 atom stereocenters. The molecule has 2 aliphatic rings. The third-order valence-electron chi connectivity index (χ3n) is 5.26. The van der Waals surface area contributed by atoms with E-state index in [0.717, 1.165) is 19.3 Å². The Morgan fingerprint density at radius 2 is 1.84 bits per heavy atom. The maximum atomic E-state index is 12.3. The van der Waals surface area contributed by atoms with E-state index in [2.05, 4.69) is 13.8 Å². The van der Waals surface area contributed by atoms with Crippen molar-refractivity contribution in [1.82, 2.24) is 0 Å². The SMILES string of the molecule is CCCC(CC)C1CCC(C2CCCCC2)OC1=O. The topological polar surface area (TPSA) is 26.3 Å². The number of hydrogen-bond donors (Lipinski definition) is 0. The third-order valence-corrected chi connectivity index (χ3v) is 5.26. The van der Waals surface area contributed by atoms with E-state index >= 15 is 0 Å². The molecular formula is C17H30O2. The van der Waals surface area contributed by atoms with Crippen molar-refractivity contribution in [2.45, 2.75) is 84.2 Å². The first-order chi connectivity index (χ1) is 9.26. The molecule has 1 heterocycles. The molecule has 0 radical (unpaired) electrons. The second-order valence-electron chi connectivity index (χ2n) is 6.51. The van der Waals surface area contributed by atoms with Crippen molar-refractivity contribution in [2.24, 2.45) is 17.8 Å². The van der Waals surface area contributed by atoms with Crippen molar-refractivity contribution in [3.63, 3.8) is 0 Å². The lowest BCUT2D eigenvalue weighted by Crippen LogP contribution is -2.39. The van der Waals surface area contributed by atoms with E-state index in [1.165, 1.54) is 44.9 Å². The van der Waals surface area contributed by atoms with Crippen LogP contribution in [0.4, 0.5) is 0 Å².